The molecule has 0 radical (unpaired) electrons. The van der Waals surface area contributed by atoms with Gasteiger partial charge >= 0.3 is 13.2 Å². The highest BCUT2D eigenvalue weighted by Gasteiger charge is 2.52. The predicted molar refractivity (Wildman–Crippen MR) is 176 cm³/mol. The molecule has 6 nitrogen and oxygen atoms in total. The highest BCUT2D eigenvalue weighted by atomic mass is 16.7. The normalized spacial score (nSPS) is 19.0. The van der Waals surface area contributed by atoms with Gasteiger partial charge in [0.2, 0.25) is 0 Å². The minimum atomic E-state index is -0.475. The molecule has 0 bridgehead atoms. The van der Waals surface area contributed by atoms with Crippen LogP contribution in [0.15, 0.2) is 48.5 Å². The summed E-state index contributed by atoms with van der Waals surface area (Å²) in [6.07, 6.45) is 5.81. The number of carbonyl (C=O) groups excluding carboxylic acids is 1. The summed E-state index contributed by atoms with van der Waals surface area (Å²) in [5.41, 5.74) is 10.5. The van der Waals surface area contributed by atoms with E-state index >= 15 is 0 Å². The summed E-state index contributed by atoms with van der Waals surface area (Å²) in [4.78, 5) is 17.4. The van der Waals surface area contributed by atoms with Crippen molar-refractivity contribution in [3.05, 3.63) is 87.5 Å². The fraction of sp³-hybridized carbons (Fsp3) is 0.432. The van der Waals surface area contributed by atoms with E-state index in [0.717, 1.165) is 47.4 Å². The number of nitrogens with zero attached hydrogens (tertiary/aromatic N) is 2. The van der Waals surface area contributed by atoms with E-state index in [1.807, 2.05) is 4.90 Å². The number of ether oxygens (including phenoxy) is 1. The topological polar surface area (TPSA) is 51.2 Å². The third-order valence-electron chi connectivity index (χ3n) is 10.4. The van der Waals surface area contributed by atoms with Crippen molar-refractivity contribution < 1.29 is 18.8 Å². The van der Waals surface area contributed by atoms with E-state index < -0.39 is 18.3 Å². The standard InChI is InChI=1S/C37H43BN2O4/c1-9-27-24(2)32(26(4)34(25(27)3)38-43-36(5,6)37(7,8)44-38)22-39-18-20-40(21-19-39)35(41)42-23-33-30-16-12-10-14-28(30)29-15-11-13-17-31(29)33/h1,10-17,33H,18-23H2,2-8H3. The molecule has 228 valence electrons. The third kappa shape index (κ3) is 5.13. The summed E-state index contributed by atoms with van der Waals surface area (Å²) in [5.74, 6) is 3.01. The number of fused-ring (bicyclic) bond motifs is 3. The molecular weight excluding hydrogens is 547 g/mol. The van der Waals surface area contributed by atoms with Crippen molar-refractivity contribution in [2.45, 2.75) is 72.1 Å². The Labute approximate surface area is 262 Å². The van der Waals surface area contributed by atoms with Crippen LogP contribution in [0, 0.1) is 33.1 Å². The Morgan fingerprint density at radius 1 is 0.886 bits per heavy atom. The van der Waals surface area contributed by atoms with Crippen molar-refractivity contribution in [1.82, 2.24) is 9.80 Å². The maximum absolute atomic E-state index is 13.2. The first-order chi connectivity index (χ1) is 20.9. The zero-order chi connectivity index (χ0) is 31.4. The highest BCUT2D eigenvalue weighted by molar-refractivity contribution is 6.63. The average molecular weight is 591 g/mol. The number of piperazine rings is 1. The molecule has 0 aromatic heterocycles. The fourth-order valence-corrected chi connectivity index (χ4v) is 7.06. The van der Waals surface area contributed by atoms with E-state index in [2.05, 4.69) is 108 Å². The van der Waals surface area contributed by atoms with Crippen molar-refractivity contribution in [3.8, 4) is 23.5 Å². The quantitative estimate of drug-likeness (QED) is 0.271. The van der Waals surface area contributed by atoms with Crippen LogP contribution < -0.4 is 5.46 Å². The zero-order valence-electron chi connectivity index (χ0n) is 27.1. The molecule has 1 aliphatic carbocycles. The van der Waals surface area contributed by atoms with Gasteiger partial charge in [0, 0.05) is 44.2 Å². The number of carbonyl (C=O) groups is 1. The van der Waals surface area contributed by atoms with Gasteiger partial charge in [-0.2, -0.15) is 0 Å². The van der Waals surface area contributed by atoms with Crippen molar-refractivity contribution >= 4 is 18.7 Å². The first-order valence-corrected chi connectivity index (χ1v) is 15.7. The van der Waals surface area contributed by atoms with Gasteiger partial charge in [0.25, 0.3) is 0 Å². The van der Waals surface area contributed by atoms with Crippen LogP contribution in [0.3, 0.4) is 0 Å². The molecule has 0 spiro atoms. The predicted octanol–water partition coefficient (Wildman–Crippen LogP) is 5.96. The van der Waals surface area contributed by atoms with Gasteiger partial charge in [-0.25, -0.2) is 4.79 Å². The molecule has 3 aromatic carbocycles. The molecule has 3 aliphatic rings. The number of rotatable bonds is 5. The van der Waals surface area contributed by atoms with Crippen molar-refractivity contribution in [1.29, 1.82) is 0 Å². The fourth-order valence-electron chi connectivity index (χ4n) is 7.06. The Morgan fingerprint density at radius 3 is 1.98 bits per heavy atom. The first kappa shape index (κ1) is 30.5. The Balaban J connectivity index is 1.12. The summed E-state index contributed by atoms with van der Waals surface area (Å²) >= 11 is 0. The summed E-state index contributed by atoms with van der Waals surface area (Å²) in [5, 5.41) is 0. The van der Waals surface area contributed by atoms with Gasteiger partial charge in [-0.1, -0.05) is 54.5 Å². The molecule has 0 N–H and O–H groups in total. The van der Waals surface area contributed by atoms with Crippen LogP contribution in [-0.2, 0) is 20.6 Å². The molecule has 3 aromatic rings. The molecule has 2 aliphatic heterocycles. The lowest BCUT2D eigenvalue weighted by Crippen LogP contribution is -2.49. The second kappa shape index (κ2) is 11.4. The highest BCUT2D eigenvalue weighted by Crippen LogP contribution is 2.44. The van der Waals surface area contributed by atoms with E-state index in [1.165, 1.54) is 27.8 Å². The van der Waals surface area contributed by atoms with Gasteiger partial charge in [-0.05, 0) is 98.4 Å². The van der Waals surface area contributed by atoms with Crippen LogP contribution >= 0.6 is 0 Å². The molecule has 2 heterocycles. The van der Waals surface area contributed by atoms with Crippen LogP contribution in [0.2, 0.25) is 0 Å². The molecule has 7 heteroatoms. The molecule has 0 saturated carbocycles. The lowest BCUT2D eigenvalue weighted by Gasteiger charge is -2.35. The maximum atomic E-state index is 13.2. The summed E-state index contributed by atoms with van der Waals surface area (Å²) in [6.45, 7) is 18.5. The minimum absolute atomic E-state index is 0.0589. The largest absolute Gasteiger partial charge is 0.495 e. The van der Waals surface area contributed by atoms with Gasteiger partial charge in [0.05, 0.1) is 11.2 Å². The molecule has 1 amide bonds. The number of hydrogen-bond donors (Lipinski definition) is 0. The van der Waals surface area contributed by atoms with Gasteiger partial charge < -0.3 is 18.9 Å². The van der Waals surface area contributed by atoms with Crippen molar-refractivity contribution in [2.24, 2.45) is 0 Å². The maximum Gasteiger partial charge on any atom is 0.495 e. The van der Waals surface area contributed by atoms with E-state index in [-0.39, 0.29) is 12.0 Å². The summed E-state index contributed by atoms with van der Waals surface area (Å²) in [6, 6.07) is 16.8. The molecule has 2 saturated heterocycles. The summed E-state index contributed by atoms with van der Waals surface area (Å²) < 4.78 is 18.9. The minimum Gasteiger partial charge on any atom is -0.448 e. The Morgan fingerprint density at radius 2 is 1.43 bits per heavy atom. The van der Waals surface area contributed by atoms with Crippen molar-refractivity contribution in [3.63, 3.8) is 0 Å². The van der Waals surface area contributed by atoms with Crippen molar-refractivity contribution in [2.75, 3.05) is 32.8 Å². The Bertz CT molecular complexity index is 1590. The Hall–Kier alpha value is -3.57. The van der Waals surface area contributed by atoms with Crippen LogP contribution in [-0.4, -0.2) is 67.0 Å². The number of terminal acetylenes is 1. The van der Waals surface area contributed by atoms with Gasteiger partial charge in [0.15, 0.2) is 0 Å². The van der Waals surface area contributed by atoms with E-state index in [0.29, 0.717) is 19.7 Å². The number of benzene rings is 3. The lowest BCUT2D eigenvalue weighted by molar-refractivity contribution is 0.00578. The lowest BCUT2D eigenvalue weighted by atomic mass is 9.70. The molecule has 44 heavy (non-hydrogen) atoms. The van der Waals surface area contributed by atoms with Crippen LogP contribution in [0.4, 0.5) is 4.79 Å². The van der Waals surface area contributed by atoms with Gasteiger partial charge in [-0.15, -0.1) is 6.42 Å². The number of hydrogen-bond acceptors (Lipinski definition) is 5. The van der Waals surface area contributed by atoms with Crippen LogP contribution in [0.5, 0.6) is 0 Å². The monoisotopic (exact) mass is 590 g/mol. The molecular formula is C37H43BN2O4. The SMILES string of the molecule is C#Cc1c(C)c(CN2CCN(C(=O)OCC3c4ccccc4-c4ccccc43)CC2)c(C)c(B2OC(C)(C)C(C)(C)O2)c1C. The van der Waals surface area contributed by atoms with E-state index in [1.54, 1.807) is 0 Å². The molecule has 0 atom stereocenters. The average Bonchev–Trinajstić information content (AvgIpc) is 3.43. The first-order valence-electron chi connectivity index (χ1n) is 15.7. The van der Waals surface area contributed by atoms with E-state index in [4.69, 9.17) is 20.5 Å². The number of amides is 1. The smallest absolute Gasteiger partial charge is 0.448 e. The van der Waals surface area contributed by atoms with E-state index in [9.17, 15) is 4.79 Å². The second-order valence-electron chi connectivity index (χ2n) is 13.4. The molecule has 0 unspecified atom stereocenters. The van der Waals surface area contributed by atoms with Crippen LogP contribution in [0.25, 0.3) is 11.1 Å². The second-order valence-corrected chi connectivity index (χ2v) is 13.4. The Kier molecular flexibility index (Phi) is 7.90. The van der Waals surface area contributed by atoms with Crippen LogP contribution in [0.1, 0.15) is 72.6 Å². The summed E-state index contributed by atoms with van der Waals surface area (Å²) in [7, 11) is -0.475. The molecule has 6 rings (SSSR count). The molecule has 2 fully saturated rings. The zero-order valence-corrected chi connectivity index (χ0v) is 27.1. The third-order valence-corrected chi connectivity index (χ3v) is 10.4. The van der Waals surface area contributed by atoms with Gasteiger partial charge in [-0.3, -0.25) is 4.90 Å². The van der Waals surface area contributed by atoms with Gasteiger partial charge in [0.1, 0.15) is 6.61 Å².